The molecule has 3 fully saturated rings. The van der Waals surface area contributed by atoms with Gasteiger partial charge in [-0.1, -0.05) is 0 Å². The van der Waals surface area contributed by atoms with Crippen molar-refractivity contribution < 1.29 is 41.9 Å². The van der Waals surface area contributed by atoms with E-state index in [9.17, 15) is 28.2 Å². The van der Waals surface area contributed by atoms with Gasteiger partial charge in [-0.2, -0.15) is 8.42 Å². The number of aliphatic hydroxyl groups is 2. The van der Waals surface area contributed by atoms with Crippen molar-refractivity contribution in [3.63, 3.8) is 0 Å². The van der Waals surface area contributed by atoms with Crippen LogP contribution in [-0.2, 0) is 28.8 Å². The summed E-state index contributed by atoms with van der Waals surface area (Å²) in [6.07, 6.45) is -2.98. The zero-order valence-electron chi connectivity index (χ0n) is 17.3. The van der Waals surface area contributed by atoms with E-state index >= 15 is 0 Å². The number of imidazole rings is 1. The number of anilines is 1. The number of nitrogen functional groups attached to an aromatic ring is 1. The third kappa shape index (κ3) is 4.11. The number of aromatic nitrogens is 4. The summed E-state index contributed by atoms with van der Waals surface area (Å²) < 4.78 is 43.5. The summed E-state index contributed by atoms with van der Waals surface area (Å²) in [5.74, 6) is -1.44. The van der Waals surface area contributed by atoms with Gasteiger partial charge in [-0.05, 0) is 18.8 Å². The van der Waals surface area contributed by atoms with E-state index in [0.717, 1.165) is 0 Å². The quantitative estimate of drug-likeness (QED) is 0.249. The monoisotopic (exact) mass is 499 g/mol. The minimum absolute atomic E-state index is 0.135. The van der Waals surface area contributed by atoms with Gasteiger partial charge in [0, 0.05) is 0 Å². The van der Waals surface area contributed by atoms with E-state index in [0.29, 0.717) is 24.0 Å². The molecular weight excluding hydrogens is 478 g/mol. The van der Waals surface area contributed by atoms with Crippen LogP contribution in [0.3, 0.4) is 0 Å². The second-order valence-corrected chi connectivity index (χ2v) is 9.51. The fourth-order valence-corrected chi connectivity index (χ4v) is 4.71. The molecule has 2 amide bonds. The molecule has 1 saturated carbocycles. The SMILES string of the molecule is Nc1ncnc2c1ncn2[C@@H]1O[C@H](COS(=O)(=O)NC(=O)[C@@H](O)[C@H](O)C2CC2)[C@H]2NC(=O)O[C@H]21. The lowest BCUT2D eigenvalue weighted by Crippen LogP contribution is -2.47. The fourth-order valence-electron chi connectivity index (χ4n) is 3.97. The van der Waals surface area contributed by atoms with Crippen molar-refractivity contribution in [1.29, 1.82) is 0 Å². The molecule has 3 aliphatic rings. The van der Waals surface area contributed by atoms with Crippen molar-refractivity contribution in [3.8, 4) is 0 Å². The molecule has 0 radical (unpaired) electrons. The van der Waals surface area contributed by atoms with Crippen LogP contribution >= 0.6 is 0 Å². The highest BCUT2D eigenvalue weighted by molar-refractivity contribution is 7.85. The summed E-state index contributed by atoms with van der Waals surface area (Å²) in [5.41, 5.74) is 6.41. The van der Waals surface area contributed by atoms with Crippen molar-refractivity contribution >= 4 is 39.3 Å². The molecule has 1 aliphatic carbocycles. The molecule has 2 saturated heterocycles. The molecule has 0 aromatic carbocycles. The van der Waals surface area contributed by atoms with Crippen LogP contribution in [0, 0.1) is 5.92 Å². The molecule has 2 aromatic rings. The number of nitrogens with one attached hydrogen (secondary N) is 2. The minimum Gasteiger partial charge on any atom is -0.439 e. The molecule has 6 N–H and O–H groups in total. The number of nitrogens with zero attached hydrogens (tertiary/aromatic N) is 4. The van der Waals surface area contributed by atoms with Crippen molar-refractivity contribution in [2.24, 2.45) is 5.92 Å². The van der Waals surface area contributed by atoms with Crippen LogP contribution in [0.25, 0.3) is 11.2 Å². The smallest absolute Gasteiger partial charge is 0.408 e. The van der Waals surface area contributed by atoms with E-state index in [-0.39, 0.29) is 11.7 Å². The maximum atomic E-state index is 12.2. The third-order valence-electron chi connectivity index (χ3n) is 5.85. The first-order chi connectivity index (χ1) is 16.1. The molecule has 16 nitrogen and oxygen atoms in total. The molecule has 0 bridgehead atoms. The molecule has 2 aromatic heterocycles. The molecule has 4 heterocycles. The normalized spacial score (nSPS) is 28.2. The third-order valence-corrected chi connectivity index (χ3v) is 6.75. The Labute approximate surface area is 191 Å². The van der Waals surface area contributed by atoms with Crippen LogP contribution in [0.1, 0.15) is 19.1 Å². The Hall–Kier alpha value is -3.12. The summed E-state index contributed by atoms with van der Waals surface area (Å²) in [4.78, 5) is 36.0. The zero-order valence-corrected chi connectivity index (χ0v) is 18.2. The van der Waals surface area contributed by atoms with Crippen LogP contribution in [-0.4, -0.2) is 87.2 Å². The highest BCUT2D eigenvalue weighted by atomic mass is 32.2. The molecule has 6 atom stereocenters. The molecule has 0 spiro atoms. The van der Waals surface area contributed by atoms with E-state index < -0.39 is 65.6 Å². The first kappa shape index (κ1) is 22.7. The van der Waals surface area contributed by atoms with Crippen molar-refractivity contribution in [2.75, 3.05) is 12.3 Å². The average molecular weight is 499 g/mol. The van der Waals surface area contributed by atoms with Gasteiger partial charge in [0.05, 0.1) is 19.0 Å². The van der Waals surface area contributed by atoms with Gasteiger partial charge in [0.15, 0.2) is 29.9 Å². The van der Waals surface area contributed by atoms with E-state index in [2.05, 4.69) is 20.3 Å². The topological polar surface area (TPSA) is 230 Å². The number of rotatable bonds is 8. The average Bonchev–Trinajstić information content (AvgIpc) is 3.31. The molecule has 184 valence electrons. The number of aliphatic hydroxyl groups excluding tert-OH is 2. The predicted molar refractivity (Wildman–Crippen MR) is 109 cm³/mol. The summed E-state index contributed by atoms with van der Waals surface area (Å²) in [6.45, 7) is -0.602. The Kier molecular flexibility index (Phi) is 5.52. The standard InChI is InChI=1S/C17H21N7O9S/c18-13-9-14(20-4-19-13)24(5-21-9)16-12-8(22-17(28)33-12)7(32-16)3-31-34(29,30)23-15(27)11(26)10(25)6-1-2-6/h4-8,10-12,16,25-26H,1-3H2,(H,22,28)(H,23,27)(H2,18,19,20)/t7-,8-,10-,11+,12-,16-/m1/s1. The number of fused-ring (bicyclic) bond motifs is 2. The van der Waals surface area contributed by atoms with Crippen molar-refractivity contribution in [1.82, 2.24) is 29.6 Å². The largest absolute Gasteiger partial charge is 0.439 e. The Bertz CT molecular complexity index is 1230. The molecule has 17 heteroatoms. The summed E-state index contributed by atoms with van der Waals surface area (Å²) >= 11 is 0. The van der Waals surface area contributed by atoms with Gasteiger partial charge >= 0.3 is 16.4 Å². The number of hydrogen-bond donors (Lipinski definition) is 5. The van der Waals surface area contributed by atoms with Gasteiger partial charge in [-0.3, -0.25) is 13.5 Å². The minimum atomic E-state index is -4.67. The summed E-state index contributed by atoms with van der Waals surface area (Å²) in [6, 6.07) is -0.790. The Morgan fingerprint density at radius 2 is 2.12 bits per heavy atom. The molecule has 34 heavy (non-hydrogen) atoms. The van der Waals surface area contributed by atoms with Gasteiger partial charge in [0.25, 0.3) is 5.91 Å². The molecule has 5 rings (SSSR count). The second-order valence-electron chi connectivity index (χ2n) is 8.17. The molecular formula is C17H21N7O9S. The number of hydrogen-bond acceptors (Lipinski definition) is 13. The highest BCUT2D eigenvalue weighted by Gasteiger charge is 2.53. The lowest BCUT2D eigenvalue weighted by Gasteiger charge is -2.19. The van der Waals surface area contributed by atoms with Crippen LogP contribution in [0.2, 0.25) is 0 Å². The Morgan fingerprint density at radius 1 is 1.35 bits per heavy atom. The number of alkyl carbamates (subject to hydrolysis) is 1. The fraction of sp³-hybridized carbons (Fsp3) is 0.588. The van der Waals surface area contributed by atoms with Gasteiger partial charge < -0.3 is 30.7 Å². The van der Waals surface area contributed by atoms with Gasteiger partial charge in [-0.25, -0.2) is 24.5 Å². The summed E-state index contributed by atoms with van der Waals surface area (Å²) in [7, 11) is -4.67. The van der Waals surface area contributed by atoms with Gasteiger partial charge in [-0.15, -0.1) is 0 Å². The van der Waals surface area contributed by atoms with Crippen LogP contribution in [0.5, 0.6) is 0 Å². The van der Waals surface area contributed by atoms with Gasteiger partial charge in [0.2, 0.25) is 0 Å². The molecule has 2 aliphatic heterocycles. The van der Waals surface area contributed by atoms with Gasteiger partial charge in [0.1, 0.15) is 24.0 Å². The van der Waals surface area contributed by atoms with Crippen LogP contribution in [0.15, 0.2) is 12.7 Å². The highest BCUT2D eigenvalue weighted by Crippen LogP contribution is 2.37. The number of carbonyl (C=O) groups is 2. The maximum absolute atomic E-state index is 12.2. The van der Waals surface area contributed by atoms with Crippen LogP contribution in [0.4, 0.5) is 10.6 Å². The maximum Gasteiger partial charge on any atom is 0.408 e. The number of ether oxygens (including phenoxy) is 2. The Balaban J connectivity index is 1.28. The second kappa shape index (κ2) is 8.27. The van der Waals surface area contributed by atoms with E-state index in [1.165, 1.54) is 17.2 Å². The molecule has 0 unspecified atom stereocenters. The number of nitrogens with two attached hydrogens (primary N) is 1. The van der Waals surface area contributed by atoms with Crippen molar-refractivity contribution in [3.05, 3.63) is 12.7 Å². The number of carbonyl (C=O) groups excluding carboxylic acids is 2. The van der Waals surface area contributed by atoms with E-state index in [4.69, 9.17) is 19.4 Å². The zero-order chi connectivity index (χ0) is 24.2. The number of amides is 2. The van der Waals surface area contributed by atoms with E-state index in [1.54, 1.807) is 4.72 Å². The van der Waals surface area contributed by atoms with Crippen molar-refractivity contribution in [2.45, 2.75) is 49.5 Å². The Morgan fingerprint density at radius 3 is 2.85 bits per heavy atom. The lowest BCUT2D eigenvalue weighted by molar-refractivity contribution is -0.134. The lowest BCUT2D eigenvalue weighted by atomic mass is 10.1. The first-order valence-corrected chi connectivity index (χ1v) is 11.7. The van der Waals surface area contributed by atoms with E-state index in [1.807, 2.05) is 0 Å². The summed E-state index contributed by atoms with van der Waals surface area (Å²) in [5, 5.41) is 22.2. The first-order valence-electron chi connectivity index (χ1n) is 10.3. The predicted octanol–water partition coefficient (Wildman–Crippen LogP) is -2.71. The van der Waals surface area contributed by atoms with Crippen LogP contribution < -0.4 is 15.8 Å².